The minimum absolute atomic E-state index is 0.0346. The zero-order valence-electron chi connectivity index (χ0n) is 16.7. The van der Waals surface area contributed by atoms with Gasteiger partial charge in [-0.05, 0) is 43.5 Å². The zero-order valence-corrected chi connectivity index (χ0v) is 18.3. The number of carbonyl (C=O) groups is 1. The van der Waals surface area contributed by atoms with Crippen molar-refractivity contribution in [1.29, 1.82) is 0 Å². The molecule has 3 rings (SSSR count). The van der Waals surface area contributed by atoms with E-state index in [-0.39, 0.29) is 37.9 Å². The van der Waals surface area contributed by atoms with E-state index in [2.05, 4.69) is 5.32 Å². The minimum Gasteiger partial charge on any atom is -0.349 e. The van der Waals surface area contributed by atoms with Gasteiger partial charge in [0.2, 0.25) is 15.9 Å². The quantitative estimate of drug-likeness (QED) is 0.686. The Balaban J connectivity index is 1.67. The molecule has 1 fully saturated rings. The molecule has 1 amide bonds. The zero-order chi connectivity index (χ0) is 22.8. The first-order valence-corrected chi connectivity index (χ1v) is 11.5. The lowest BCUT2D eigenvalue weighted by Crippen LogP contribution is -2.43. The molecule has 0 aromatic heterocycles. The molecule has 1 saturated heterocycles. The van der Waals surface area contributed by atoms with E-state index in [1.165, 1.54) is 6.07 Å². The number of nitrogens with zero attached hydrogens (tertiary/aromatic N) is 1. The fourth-order valence-electron chi connectivity index (χ4n) is 3.66. The Labute approximate surface area is 184 Å². The summed E-state index contributed by atoms with van der Waals surface area (Å²) >= 11 is 6.16. The SMILES string of the molecule is C[C@H](NC(=O)C1CCN(S(=O)(=O)c2ccccc2C(F)(F)F)CC1)c1ccccc1Cl. The molecule has 168 valence electrons. The van der Waals surface area contributed by atoms with E-state index >= 15 is 0 Å². The molecule has 31 heavy (non-hydrogen) atoms. The highest BCUT2D eigenvalue weighted by Gasteiger charge is 2.40. The van der Waals surface area contributed by atoms with Gasteiger partial charge in [-0.3, -0.25) is 4.79 Å². The predicted molar refractivity (Wildman–Crippen MR) is 111 cm³/mol. The molecule has 1 atom stereocenters. The van der Waals surface area contributed by atoms with Crippen LogP contribution < -0.4 is 5.32 Å². The van der Waals surface area contributed by atoms with E-state index in [1.54, 1.807) is 25.1 Å². The summed E-state index contributed by atoms with van der Waals surface area (Å²) in [5, 5.41) is 3.41. The standard InChI is InChI=1S/C21H22ClF3N2O3S/c1-14(16-6-2-4-8-18(16)22)26-20(28)15-10-12-27(13-11-15)31(29,30)19-9-5-3-7-17(19)21(23,24)25/h2-9,14-15H,10-13H2,1H3,(H,26,28)/t14-/m0/s1. The lowest BCUT2D eigenvalue weighted by atomic mass is 9.96. The second-order valence-corrected chi connectivity index (χ2v) is 9.74. The molecule has 0 spiro atoms. The van der Waals surface area contributed by atoms with Gasteiger partial charge >= 0.3 is 6.18 Å². The number of sulfonamides is 1. The van der Waals surface area contributed by atoms with Crippen LogP contribution in [0.5, 0.6) is 0 Å². The largest absolute Gasteiger partial charge is 0.417 e. The van der Waals surface area contributed by atoms with Gasteiger partial charge in [0, 0.05) is 24.0 Å². The molecule has 0 unspecified atom stereocenters. The Hall–Kier alpha value is -2.10. The van der Waals surface area contributed by atoms with Crippen molar-refractivity contribution in [3.63, 3.8) is 0 Å². The summed E-state index contributed by atoms with van der Waals surface area (Å²) in [6, 6.07) is 10.9. The maximum absolute atomic E-state index is 13.3. The summed E-state index contributed by atoms with van der Waals surface area (Å²) < 4.78 is 66.5. The summed E-state index contributed by atoms with van der Waals surface area (Å²) in [7, 11) is -4.33. The van der Waals surface area contributed by atoms with Crippen LogP contribution in [-0.4, -0.2) is 31.7 Å². The molecule has 0 radical (unpaired) electrons. The second-order valence-electron chi connectivity index (χ2n) is 7.42. The molecule has 1 aliphatic rings. The maximum Gasteiger partial charge on any atom is 0.417 e. The van der Waals surface area contributed by atoms with Gasteiger partial charge in [-0.2, -0.15) is 17.5 Å². The van der Waals surface area contributed by atoms with Gasteiger partial charge in [0.15, 0.2) is 0 Å². The average molecular weight is 475 g/mol. The first kappa shape index (κ1) is 23.6. The van der Waals surface area contributed by atoms with Gasteiger partial charge in [-0.15, -0.1) is 0 Å². The van der Waals surface area contributed by atoms with Crippen LogP contribution in [-0.2, 0) is 21.0 Å². The lowest BCUT2D eigenvalue weighted by molar-refractivity contribution is -0.139. The van der Waals surface area contributed by atoms with Crippen LogP contribution in [0.3, 0.4) is 0 Å². The van der Waals surface area contributed by atoms with Crippen molar-refractivity contribution in [2.45, 2.75) is 36.9 Å². The molecular formula is C21H22ClF3N2O3S. The number of benzene rings is 2. The van der Waals surface area contributed by atoms with Gasteiger partial charge < -0.3 is 5.32 Å². The molecular weight excluding hydrogens is 453 g/mol. The van der Waals surface area contributed by atoms with Crippen LogP contribution in [0.2, 0.25) is 5.02 Å². The molecule has 1 N–H and O–H groups in total. The van der Waals surface area contributed by atoms with Crippen LogP contribution in [0, 0.1) is 5.92 Å². The van der Waals surface area contributed by atoms with Crippen molar-refractivity contribution in [2.75, 3.05) is 13.1 Å². The summed E-state index contributed by atoms with van der Waals surface area (Å²) in [5.41, 5.74) is -0.426. The van der Waals surface area contributed by atoms with E-state index < -0.39 is 32.6 Å². The third kappa shape index (κ3) is 5.22. The van der Waals surface area contributed by atoms with Gasteiger partial charge in [0.25, 0.3) is 0 Å². The van der Waals surface area contributed by atoms with Crippen molar-refractivity contribution in [3.05, 3.63) is 64.7 Å². The van der Waals surface area contributed by atoms with Crippen LogP contribution in [0.25, 0.3) is 0 Å². The van der Waals surface area contributed by atoms with Crippen molar-refractivity contribution in [2.24, 2.45) is 5.92 Å². The lowest BCUT2D eigenvalue weighted by Gasteiger charge is -2.31. The van der Waals surface area contributed by atoms with Crippen molar-refractivity contribution in [1.82, 2.24) is 9.62 Å². The number of halogens is 4. The van der Waals surface area contributed by atoms with Crippen LogP contribution >= 0.6 is 11.6 Å². The molecule has 1 aliphatic heterocycles. The topological polar surface area (TPSA) is 66.5 Å². The summed E-state index contributed by atoms with van der Waals surface area (Å²) in [4.78, 5) is 11.9. The predicted octanol–water partition coefficient (Wildman–Crippen LogP) is 4.64. The van der Waals surface area contributed by atoms with Crippen molar-refractivity contribution < 1.29 is 26.4 Å². The summed E-state index contributed by atoms with van der Waals surface area (Å²) in [6.07, 6.45) is -4.35. The Kier molecular flexibility index (Phi) is 6.98. The normalized spacial score (nSPS) is 17.3. The van der Waals surface area contributed by atoms with Crippen LogP contribution in [0.15, 0.2) is 53.4 Å². The van der Waals surface area contributed by atoms with E-state index in [9.17, 15) is 26.4 Å². The highest BCUT2D eigenvalue weighted by atomic mass is 35.5. The Morgan fingerprint density at radius 2 is 1.68 bits per heavy atom. The Morgan fingerprint density at radius 3 is 2.29 bits per heavy atom. The summed E-state index contributed by atoms with van der Waals surface area (Å²) in [5.74, 6) is -0.672. The highest BCUT2D eigenvalue weighted by Crippen LogP contribution is 2.36. The molecule has 2 aromatic rings. The van der Waals surface area contributed by atoms with Gasteiger partial charge in [-0.1, -0.05) is 41.9 Å². The molecule has 0 aliphatic carbocycles. The third-order valence-corrected chi connectivity index (χ3v) is 7.67. The number of hydrogen-bond acceptors (Lipinski definition) is 3. The number of hydrogen-bond donors (Lipinski definition) is 1. The molecule has 0 saturated carbocycles. The maximum atomic E-state index is 13.3. The first-order valence-electron chi connectivity index (χ1n) is 9.73. The molecule has 1 heterocycles. The van der Waals surface area contributed by atoms with Crippen LogP contribution in [0.1, 0.15) is 36.9 Å². The van der Waals surface area contributed by atoms with Gasteiger partial charge in [0.05, 0.1) is 16.5 Å². The molecule has 5 nitrogen and oxygen atoms in total. The fraction of sp³-hybridized carbons (Fsp3) is 0.381. The number of rotatable bonds is 5. The van der Waals surface area contributed by atoms with Crippen LogP contribution in [0.4, 0.5) is 13.2 Å². The second kappa shape index (κ2) is 9.18. The Morgan fingerprint density at radius 1 is 1.10 bits per heavy atom. The van der Waals surface area contributed by atoms with Crippen molar-refractivity contribution >= 4 is 27.5 Å². The highest BCUT2D eigenvalue weighted by molar-refractivity contribution is 7.89. The molecule has 0 bridgehead atoms. The van der Waals surface area contributed by atoms with E-state index in [4.69, 9.17) is 11.6 Å². The third-order valence-electron chi connectivity index (χ3n) is 5.37. The number of carbonyl (C=O) groups excluding carboxylic acids is 1. The van der Waals surface area contributed by atoms with Crippen molar-refractivity contribution in [3.8, 4) is 0 Å². The summed E-state index contributed by atoms with van der Waals surface area (Å²) in [6.45, 7) is 1.73. The van der Waals surface area contributed by atoms with Gasteiger partial charge in [0.1, 0.15) is 0 Å². The monoisotopic (exact) mass is 474 g/mol. The molecule has 10 heteroatoms. The number of alkyl halides is 3. The number of nitrogens with one attached hydrogen (secondary N) is 1. The van der Waals surface area contributed by atoms with Gasteiger partial charge in [-0.25, -0.2) is 8.42 Å². The smallest absolute Gasteiger partial charge is 0.349 e. The van der Waals surface area contributed by atoms with E-state index in [0.29, 0.717) is 5.02 Å². The van der Waals surface area contributed by atoms with E-state index in [0.717, 1.165) is 28.1 Å². The Bertz CT molecular complexity index is 1050. The fourth-order valence-corrected chi connectivity index (χ4v) is 5.64. The number of piperidine rings is 1. The first-order chi connectivity index (χ1) is 14.5. The number of amides is 1. The minimum atomic E-state index is -4.78. The average Bonchev–Trinajstić information content (AvgIpc) is 2.73. The van der Waals surface area contributed by atoms with E-state index in [1.807, 2.05) is 6.07 Å². The molecule has 2 aromatic carbocycles.